The number of amides is 1. The van der Waals surface area contributed by atoms with Crippen molar-refractivity contribution in [1.82, 2.24) is 4.90 Å². The largest absolute Gasteiger partial charge is 0.481 e. The van der Waals surface area contributed by atoms with Crippen molar-refractivity contribution in [3.8, 4) is 11.5 Å². The monoisotopic (exact) mass is 327 g/mol. The third-order valence-electron chi connectivity index (χ3n) is 3.14. The first-order valence-electron chi connectivity index (χ1n) is 6.98. The fraction of sp³-hybridized carbons (Fsp3) is 0.467. The van der Waals surface area contributed by atoms with Crippen molar-refractivity contribution in [2.45, 2.75) is 20.3 Å². The second-order valence-corrected chi connectivity index (χ2v) is 5.89. The summed E-state index contributed by atoms with van der Waals surface area (Å²) in [4.78, 5) is 24.9. The molecule has 0 radical (unpaired) electrons. The van der Waals surface area contributed by atoms with Crippen LogP contribution in [0.25, 0.3) is 0 Å². The molecular weight excluding hydrogens is 310 g/mol. The Hall–Kier alpha value is -1.95. The van der Waals surface area contributed by atoms with Crippen molar-refractivity contribution in [1.29, 1.82) is 0 Å². The lowest BCUT2D eigenvalue weighted by molar-refractivity contribution is -0.137. The van der Waals surface area contributed by atoms with Crippen molar-refractivity contribution in [2.24, 2.45) is 5.92 Å². The Bertz CT molecular complexity index is 588. The van der Waals surface area contributed by atoms with E-state index in [0.29, 0.717) is 28.6 Å². The number of halogens is 1. The van der Waals surface area contributed by atoms with Gasteiger partial charge in [0.2, 0.25) is 6.79 Å². The molecule has 6 nitrogen and oxygen atoms in total. The first-order chi connectivity index (χ1) is 10.4. The number of carbonyl (C=O) groups excluding carboxylic acids is 1. The molecule has 0 saturated carbocycles. The Kier molecular flexibility index (Phi) is 5.13. The zero-order valence-corrected chi connectivity index (χ0v) is 13.2. The van der Waals surface area contributed by atoms with Gasteiger partial charge in [0.1, 0.15) is 0 Å². The minimum Gasteiger partial charge on any atom is -0.481 e. The Balaban J connectivity index is 2.22. The highest BCUT2D eigenvalue weighted by Gasteiger charge is 2.24. The molecule has 1 aliphatic rings. The van der Waals surface area contributed by atoms with Crippen molar-refractivity contribution >= 4 is 23.5 Å². The third-order valence-corrected chi connectivity index (χ3v) is 3.42. The number of hydrogen-bond donors (Lipinski definition) is 1. The van der Waals surface area contributed by atoms with E-state index in [9.17, 15) is 9.59 Å². The van der Waals surface area contributed by atoms with Crippen molar-refractivity contribution in [3.05, 3.63) is 22.7 Å². The number of fused-ring (bicyclic) bond motifs is 1. The molecule has 0 aromatic heterocycles. The van der Waals surface area contributed by atoms with Crippen LogP contribution < -0.4 is 9.47 Å². The lowest BCUT2D eigenvalue weighted by Crippen LogP contribution is -2.36. The molecule has 0 spiro atoms. The number of carboxylic acids is 1. The molecule has 22 heavy (non-hydrogen) atoms. The fourth-order valence-electron chi connectivity index (χ4n) is 2.22. The minimum atomic E-state index is -0.940. The van der Waals surface area contributed by atoms with E-state index in [4.69, 9.17) is 26.2 Å². The van der Waals surface area contributed by atoms with Crippen LogP contribution in [0.5, 0.6) is 11.5 Å². The summed E-state index contributed by atoms with van der Waals surface area (Å²) in [6, 6.07) is 3.09. The Morgan fingerprint density at radius 3 is 2.73 bits per heavy atom. The van der Waals surface area contributed by atoms with Crippen LogP contribution in [0.4, 0.5) is 0 Å². The Morgan fingerprint density at radius 2 is 2.09 bits per heavy atom. The van der Waals surface area contributed by atoms with Crippen LogP contribution in [0.3, 0.4) is 0 Å². The summed E-state index contributed by atoms with van der Waals surface area (Å²) < 4.78 is 10.5. The molecule has 1 aromatic carbocycles. The van der Waals surface area contributed by atoms with Gasteiger partial charge in [-0.15, -0.1) is 0 Å². The number of aliphatic carboxylic acids is 1. The topological polar surface area (TPSA) is 76.1 Å². The highest BCUT2D eigenvalue weighted by Crippen LogP contribution is 2.40. The van der Waals surface area contributed by atoms with E-state index >= 15 is 0 Å². The van der Waals surface area contributed by atoms with Crippen LogP contribution in [-0.4, -0.2) is 41.8 Å². The van der Waals surface area contributed by atoms with Crippen molar-refractivity contribution in [3.63, 3.8) is 0 Å². The molecule has 1 N–H and O–H groups in total. The Morgan fingerprint density at radius 1 is 1.36 bits per heavy atom. The number of hydrogen-bond acceptors (Lipinski definition) is 4. The average molecular weight is 328 g/mol. The summed E-state index contributed by atoms with van der Waals surface area (Å²) >= 11 is 6.09. The normalized spacial score (nSPS) is 12.5. The Labute approximate surface area is 133 Å². The van der Waals surface area contributed by atoms with E-state index in [1.54, 1.807) is 6.07 Å². The van der Waals surface area contributed by atoms with Gasteiger partial charge >= 0.3 is 5.97 Å². The van der Waals surface area contributed by atoms with Gasteiger partial charge < -0.3 is 19.5 Å². The van der Waals surface area contributed by atoms with Gasteiger partial charge in [0.05, 0.1) is 11.4 Å². The molecule has 1 aromatic rings. The first-order valence-corrected chi connectivity index (χ1v) is 7.36. The molecule has 0 bridgehead atoms. The number of nitrogens with zero attached hydrogens (tertiary/aromatic N) is 1. The zero-order chi connectivity index (χ0) is 16.3. The van der Waals surface area contributed by atoms with Crippen molar-refractivity contribution in [2.75, 3.05) is 19.9 Å². The maximum Gasteiger partial charge on any atom is 0.305 e. The molecule has 0 fully saturated rings. The van der Waals surface area contributed by atoms with E-state index < -0.39 is 5.97 Å². The van der Waals surface area contributed by atoms with Gasteiger partial charge in [0, 0.05) is 18.7 Å². The summed E-state index contributed by atoms with van der Waals surface area (Å²) in [6.07, 6.45) is -0.100. The van der Waals surface area contributed by atoms with Gasteiger partial charge in [0.15, 0.2) is 11.5 Å². The summed E-state index contributed by atoms with van der Waals surface area (Å²) in [5.74, 6) is -0.125. The zero-order valence-electron chi connectivity index (χ0n) is 12.5. The summed E-state index contributed by atoms with van der Waals surface area (Å²) in [5.41, 5.74) is 0.361. The average Bonchev–Trinajstić information content (AvgIpc) is 2.91. The van der Waals surface area contributed by atoms with Crippen LogP contribution in [0.2, 0.25) is 5.02 Å². The molecule has 1 heterocycles. The molecule has 2 rings (SSSR count). The quantitative estimate of drug-likeness (QED) is 0.869. The van der Waals surface area contributed by atoms with Gasteiger partial charge in [-0.25, -0.2) is 0 Å². The van der Waals surface area contributed by atoms with Gasteiger partial charge in [-0.2, -0.15) is 0 Å². The van der Waals surface area contributed by atoms with Crippen LogP contribution in [0.15, 0.2) is 12.1 Å². The molecular formula is C15H18ClNO5. The van der Waals surface area contributed by atoms with Gasteiger partial charge in [0.25, 0.3) is 5.91 Å². The highest BCUT2D eigenvalue weighted by atomic mass is 35.5. The van der Waals surface area contributed by atoms with E-state index in [-0.39, 0.29) is 31.6 Å². The summed E-state index contributed by atoms with van der Waals surface area (Å²) in [6.45, 7) is 4.62. The lowest BCUT2D eigenvalue weighted by Gasteiger charge is -2.24. The molecule has 1 amide bonds. The number of benzene rings is 1. The SMILES string of the molecule is CC(C)CN(CCC(=O)O)C(=O)c1cc(Cl)c2c(c1)OCO2. The van der Waals surface area contributed by atoms with Crippen LogP contribution in [0, 0.1) is 5.92 Å². The maximum absolute atomic E-state index is 12.6. The van der Waals surface area contributed by atoms with Crippen LogP contribution >= 0.6 is 11.6 Å². The van der Waals surface area contributed by atoms with Crippen LogP contribution in [-0.2, 0) is 4.79 Å². The van der Waals surface area contributed by atoms with E-state index in [2.05, 4.69) is 0 Å². The predicted octanol–water partition coefficient (Wildman–Crippen LogP) is 2.64. The van der Waals surface area contributed by atoms with E-state index in [0.717, 1.165) is 0 Å². The second kappa shape index (κ2) is 6.87. The molecule has 120 valence electrons. The van der Waals surface area contributed by atoms with E-state index in [1.165, 1.54) is 11.0 Å². The molecule has 7 heteroatoms. The number of rotatable bonds is 6. The number of carboxylic acid groups (broad SMARTS) is 1. The van der Waals surface area contributed by atoms with Gasteiger partial charge in [-0.1, -0.05) is 25.4 Å². The van der Waals surface area contributed by atoms with Crippen LogP contribution in [0.1, 0.15) is 30.6 Å². The molecule has 0 unspecified atom stereocenters. The smallest absolute Gasteiger partial charge is 0.305 e. The maximum atomic E-state index is 12.6. The van der Waals surface area contributed by atoms with Gasteiger partial charge in [-0.05, 0) is 18.1 Å². The second-order valence-electron chi connectivity index (χ2n) is 5.48. The number of carbonyl (C=O) groups is 2. The van der Waals surface area contributed by atoms with E-state index in [1.807, 2.05) is 13.8 Å². The standard InChI is InChI=1S/C15H18ClNO5/c1-9(2)7-17(4-3-13(18)19)15(20)10-5-11(16)14-12(6-10)21-8-22-14/h5-6,9H,3-4,7-8H2,1-2H3,(H,18,19). The van der Waals surface area contributed by atoms with Crippen molar-refractivity contribution < 1.29 is 24.2 Å². The highest BCUT2D eigenvalue weighted by molar-refractivity contribution is 6.32. The third kappa shape index (κ3) is 3.82. The predicted molar refractivity (Wildman–Crippen MR) is 80.6 cm³/mol. The molecule has 0 aliphatic carbocycles. The molecule has 1 aliphatic heterocycles. The molecule has 0 atom stereocenters. The van der Waals surface area contributed by atoms with Gasteiger partial charge in [-0.3, -0.25) is 9.59 Å². The summed E-state index contributed by atoms with van der Waals surface area (Å²) in [7, 11) is 0. The molecule has 0 saturated heterocycles. The lowest BCUT2D eigenvalue weighted by atomic mass is 10.1. The fourth-order valence-corrected chi connectivity index (χ4v) is 2.49. The first kappa shape index (κ1) is 16.4. The number of ether oxygens (including phenoxy) is 2. The minimum absolute atomic E-state index is 0.0709. The summed E-state index contributed by atoms with van der Waals surface area (Å²) in [5, 5.41) is 9.13.